The largest absolute Gasteiger partial charge is 0.472 e. The third kappa shape index (κ3) is 5.07. The summed E-state index contributed by atoms with van der Waals surface area (Å²) in [6, 6.07) is 1.50. The Morgan fingerprint density at radius 1 is 0.864 bits per heavy atom. The number of rotatable bonds is 2. The quantitative estimate of drug-likeness (QED) is 0.202. The highest BCUT2D eigenvalue weighted by Gasteiger charge is 2.54. The molecule has 232 valence electrons. The summed E-state index contributed by atoms with van der Waals surface area (Å²) in [5.41, 5.74) is 12.7. The highest BCUT2D eigenvalue weighted by molar-refractivity contribution is 7.79. The molecule has 0 aromatic carbocycles. The minimum Gasteiger partial charge on any atom is -0.397 e. The zero-order chi connectivity index (χ0) is 31.0. The van der Waals surface area contributed by atoms with Crippen LogP contribution in [0.25, 0.3) is 22.3 Å². The van der Waals surface area contributed by atoms with Gasteiger partial charge in [-0.1, -0.05) is 0 Å². The zero-order valence-electron chi connectivity index (χ0n) is 22.1. The number of halogens is 2. The number of imidazole rings is 2. The summed E-state index contributed by atoms with van der Waals surface area (Å²) in [7, 11) is -3.93. The number of alkyl halides is 2. The Morgan fingerprint density at radius 3 is 2.34 bits per heavy atom. The van der Waals surface area contributed by atoms with Crippen LogP contribution in [-0.4, -0.2) is 96.5 Å². The summed E-state index contributed by atoms with van der Waals surface area (Å²) >= 11 is 0. The number of nitrogens with two attached hydrogens (primary N) is 2. The Bertz CT molecular complexity index is 1840. The maximum Gasteiger partial charge on any atom is 0.472 e. The Labute approximate surface area is 246 Å². The molecular weight excluding hydrogens is 633 g/mol. The number of hydrogen-bond donors (Lipinski definition) is 3. The molecule has 7 rings (SSSR count). The highest BCUT2D eigenvalue weighted by Crippen LogP contribution is 2.54. The molecule has 10 atom stereocenters. The SMILES string of the molecule is [B]P1(=O)OC[C@H]2O[C@@H](n3cnc4c(N)ncnc43)[C@H](F)[C@@H]2OP(=O)(O)OC[C@H]2O[C@@H](n3cnc4c(N)ccnc43)[C@H](O1)C2F. The van der Waals surface area contributed by atoms with Crippen molar-refractivity contribution in [1.29, 1.82) is 0 Å². The molecule has 3 aliphatic rings. The smallest absolute Gasteiger partial charge is 0.397 e. The van der Waals surface area contributed by atoms with Crippen LogP contribution in [0.3, 0.4) is 0 Å². The number of ether oxygens (including phenoxy) is 2. The maximum absolute atomic E-state index is 15.9. The van der Waals surface area contributed by atoms with Crippen LogP contribution in [0, 0.1) is 0 Å². The van der Waals surface area contributed by atoms with Gasteiger partial charge in [-0.05, 0) is 6.07 Å². The fourth-order valence-electron chi connectivity index (χ4n) is 5.27. The average molecular weight is 655 g/mol. The van der Waals surface area contributed by atoms with E-state index < -0.39 is 77.7 Å². The van der Waals surface area contributed by atoms with Crippen molar-refractivity contribution in [3.63, 3.8) is 0 Å². The fourth-order valence-corrected chi connectivity index (χ4v) is 7.20. The predicted octanol–water partition coefficient (Wildman–Crippen LogP) is 1.10. The molecule has 3 fully saturated rings. The van der Waals surface area contributed by atoms with Gasteiger partial charge in [-0.15, -0.1) is 0 Å². The van der Waals surface area contributed by atoms with Crippen LogP contribution in [0.4, 0.5) is 20.3 Å². The number of nitrogen functional groups attached to an aromatic ring is 2. The number of fused-ring (bicyclic) bond motifs is 5. The molecule has 18 nitrogen and oxygen atoms in total. The third-order valence-corrected chi connectivity index (χ3v) is 9.33. The molecule has 0 aliphatic carbocycles. The minimum atomic E-state index is -5.12. The second-order valence-corrected chi connectivity index (χ2v) is 13.0. The van der Waals surface area contributed by atoms with Crippen molar-refractivity contribution in [3.05, 3.63) is 31.2 Å². The molecule has 23 heteroatoms. The van der Waals surface area contributed by atoms with Gasteiger partial charge in [0.15, 0.2) is 41.9 Å². The minimum absolute atomic E-state index is 0.0167. The summed E-state index contributed by atoms with van der Waals surface area (Å²) in [6.45, 7) is -1.66. The number of nitrogens with zero attached hydrogens (tertiary/aromatic N) is 7. The molecule has 2 bridgehead atoms. The molecule has 3 unspecified atom stereocenters. The van der Waals surface area contributed by atoms with Gasteiger partial charge in [0.1, 0.15) is 41.8 Å². The van der Waals surface area contributed by atoms with E-state index in [-0.39, 0.29) is 33.8 Å². The number of anilines is 2. The lowest BCUT2D eigenvalue weighted by molar-refractivity contribution is -0.0613. The normalized spacial score (nSPS) is 38.2. The monoisotopic (exact) mass is 655 g/mol. The number of phosphoric ester groups is 1. The molecule has 2 radical (unpaired) electrons. The van der Waals surface area contributed by atoms with E-state index in [1.165, 1.54) is 34.1 Å². The van der Waals surface area contributed by atoms with Gasteiger partial charge in [-0.25, -0.2) is 38.3 Å². The molecule has 44 heavy (non-hydrogen) atoms. The summed E-state index contributed by atoms with van der Waals surface area (Å²) < 4.78 is 92.8. The first kappa shape index (κ1) is 29.6. The van der Waals surface area contributed by atoms with Gasteiger partial charge in [0.2, 0.25) is 7.57 Å². The lowest BCUT2D eigenvalue weighted by atomic mass is 10.1. The van der Waals surface area contributed by atoms with E-state index in [0.29, 0.717) is 0 Å². The van der Waals surface area contributed by atoms with Crippen molar-refractivity contribution < 1.29 is 50.4 Å². The molecule has 4 aromatic heterocycles. The highest BCUT2D eigenvalue weighted by atomic mass is 31.2. The van der Waals surface area contributed by atoms with E-state index in [1.54, 1.807) is 0 Å². The maximum atomic E-state index is 15.9. The average Bonchev–Trinajstić information content (AvgIpc) is 3.73. The summed E-state index contributed by atoms with van der Waals surface area (Å²) in [5, 5.41) is 0. The Balaban J connectivity index is 1.20. The van der Waals surface area contributed by atoms with Crippen LogP contribution in [0.5, 0.6) is 0 Å². The fraction of sp³-hybridized carbons (Fsp3) is 0.476. The van der Waals surface area contributed by atoms with Crippen molar-refractivity contribution in [2.45, 2.75) is 49.2 Å². The van der Waals surface area contributed by atoms with Gasteiger partial charge in [0.05, 0.1) is 31.6 Å². The topological polar surface area (TPSA) is 236 Å². The predicted molar refractivity (Wildman–Crippen MR) is 144 cm³/mol. The van der Waals surface area contributed by atoms with E-state index in [9.17, 15) is 14.0 Å². The molecule has 3 aliphatic heterocycles. The van der Waals surface area contributed by atoms with E-state index in [4.69, 9.17) is 46.6 Å². The summed E-state index contributed by atoms with van der Waals surface area (Å²) in [4.78, 5) is 30.8. The van der Waals surface area contributed by atoms with Crippen molar-refractivity contribution in [1.82, 2.24) is 34.1 Å². The Morgan fingerprint density at radius 2 is 1.55 bits per heavy atom. The molecule has 5 N–H and O–H groups in total. The number of hydrogen-bond acceptors (Lipinski definition) is 15. The summed E-state index contributed by atoms with van der Waals surface area (Å²) in [6.07, 6.45) is -8.94. The zero-order valence-corrected chi connectivity index (χ0v) is 23.9. The Hall–Kier alpha value is -3.13. The standard InChI is InChI=1S/C21H22BF2N9O9P2/c22-43(34)37-4-10-15(12(24)20(40-10)32-7-31-14-17(26)28-5-29-19(14)32)42-44(35,36)38-3-9-11(23)16(41-43)21(39-9)33-6-30-13-8(25)1-2-27-18(13)33/h1-2,5-7,9-12,15-16,20-21H,3-4H2,(H2,25,27)(H,35,36)(H2,26,28,29)/t9-,10-,11?,12-,15-,16-,20-,21-,43?/m1/s1. The number of pyridine rings is 1. The van der Waals surface area contributed by atoms with Crippen LogP contribution in [0.1, 0.15) is 12.5 Å². The first-order valence-corrected chi connectivity index (χ1v) is 16.0. The lowest BCUT2D eigenvalue weighted by Gasteiger charge is -2.27. The van der Waals surface area contributed by atoms with E-state index in [1.807, 2.05) is 0 Å². The van der Waals surface area contributed by atoms with Gasteiger partial charge in [-0.2, -0.15) is 0 Å². The van der Waals surface area contributed by atoms with Crippen molar-refractivity contribution >= 4 is 56.7 Å². The second-order valence-electron chi connectivity index (χ2n) is 10.1. The first-order chi connectivity index (χ1) is 20.9. The molecule has 3 saturated heterocycles. The molecule has 7 heterocycles. The van der Waals surface area contributed by atoms with Crippen LogP contribution in [0.2, 0.25) is 0 Å². The lowest BCUT2D eigenvalue weighted by Crippen LogP contribution is -2.34. The van der Waals surface area contributed by atoms with Crippen molar-refractivity contribution in [3.8, 4) is 0 Å². The molecule has 0 spiro atoms. The van der Waals surface area contributed by atoms with Gasteiger partial charge >= 0.3 is 7.82 Å². The molecule has 4 aromatic rings. The summed E-state index contributed by atoms with van der Waals surface area (Å²) in [5.74, 6) is 0.0167. The Kier molecular flexibility index (Phi) is 7.23. The molecule has 0 saturated carbocycles. The molecular formula is C21H22BF2N9O9P2. The van der Waals surface area contributed by atoms with Crippen LogP contribution in [0.15, 0.2) is 31.2 Å². The van der Waals surface area contributed by atoms with Crippen LogP contribution >= 0.6 is 15.3 Å². The number of aromatic nitrogens is 7. The van der Waals surface area contributed by atoms with Crippen LogP contribution < -0.4 is 11.5 Å². The van der Waals surface area contributed by atoms with E-state index in [0.717, 1.165) is 6.33 Å². The van der Waals surface area contributed by atoms with Crippen LogP contribution in [-0.2, 0) is 36.7 Å². The number of phosphoric acid groups is 1. The molecule has 0 amide bonds. The third-order valence-electron chi connectivity index (χ3n) is 7.30. The van der Waals surface area contributed by atoms with Gasteiger partial charge in [-0.3, -0.25) is 22.7 Å². The van der Waals surface area contributed by atoms with Gasteiger partial charge in [0, 0.05) is 6.20 Å². The van der Waals surface area contributed by atoms with Crippen molar-refractivity contribution in [2.75, 3.05) is 24.7 Å². The second kappa shape index (κ2) is 10.7. The van der Waals surface area contributed by atoms with E-state index in [2.05, 4.69) is 24.9 Å². The van der Waals surface area contributed by atoms with E-state index >= 15 is 8.78 Å². The first-order valence-electron chi connectivity index (χ1n) is 12.9. The van der Waals surface area contributed by atoms with Gasteiger partial charge < -0.3 is 34.9 Å². The van der Waals surface area contributed by atoms with Crippen molar-refractivity contribution in [2.24, 2.45) is 0 Å². The van der Waals surface area contributed by atoms with Gasteiger partial charge in [0.25, 0.3) is 7.47 Å².